The van der Waals surface area contributed by atoms with Crippen molar-refractivity contribution in [2.24, 2.45) is 0 Å². The van der Waals surface area contributed by atoms with Gasteiger partial charge < -0.3 is 10.0 Å². The van der Waals surface area contributed by atoms with Crippen LogP contribution in [0.4, 0.5) is 13.2 Å². The highest BCUT2D eigenvalue weighted by Crippen LogP contribution is 2.39. The normalized spacial score (nSPS) is 17.5. The van der Waals surface area contributed by atoms with E-state index in [1.807, 2.05) is 29.5 Å². The molecule has 0 bridgehead atoms. The van der Waals surface area contributed by atoms with Gasteiger partial charge in [-0.25, -0.2) is 4.98 Å². The molecule has 1 amide bonds. The van der Waals surface area contributed by atoms with Crippen LogP contribution in [0.1, 0.15) is 42.6 Å². The fraction of sp³-hybridized carbons (Fsp3) is 0.409. The monoisotopic (exact) mass is 432 g/mol. The highest BCUT2D eigenvalue weighted by Gasteiger charge is 2.32. The first-order valence-corrected chi connectivity index (χ1v) is 10.1. The SMILES string of the molecule is CCN1C[C@@H](n2nc3nc(-c4c(C)cc(C(F)(F)F)cc4O)ccc3c2C)CCC1=O. The molecule has 1 saturated heterocycles. The number of piperidine rings is 1. The van der Waals surface area contributed by atoms with Gasteiger partial charge in [-0.05, 0) is 57.0 Å². The number of benzene rings is 1. The molecule has 1 fully saturated rings. The zero-order valence-corrected chi connectivity index (χ0v) is 17.5. The number of fused-ring (bicyclic) bond motifs is 1. The summed E-state index contributed by atoms with van der Waals surface area (Å²) in [5, 5.41) is 15.8. The summed E-state index contributed by atoms with van der Waals surface area (Å²) in [5.74, 6) is -0.332. The van der Waals surface area contributed by atoms with E-state index in [-0.39, 0.29) is 23.1 Å². The molecule has 31 heavy (non-hydrogen) atoms. The molecule has 1 aliphatic rings. The minimum absolute atomic E-state index is 0.0384. The smallest absolute Gasteiger partial charge is 0.416 e. The van der Waals surface area contributed by atoms with Crippen LogP contribution in [-0.2, 0) is 11.0 Å². The van der Waals surface area contributed by atoms with E-state index in [1.54, 1.807) is 6.07 Å². The van der Waals surface area contributed by atoms with Gasteiger partial charge in [-0.2, -0.15) is 18.3 Å². The standard InChI is InChI=1S/C22H23F3N4O2/c1-4-28-11-15(5-8-19(28)31)29-13(3)16-6-7-17(26-21(16)27-29)20-12(2)9-14(10-18(20)30)22(23,24)25/h6-7,9-10,15,30H,4-5,8,11H2,1-3H3/t15-/m0/s1. The number of halogens is 3. The summed E-state index contributed by atoms with van der Waals surface area (Å²) in [7, 11) is 0. The minimum Gasteiger partial charge on any atom is -0.507 e. The van der Waals surface area contributed by atoms with Crippen LogP contribution in [0.15, 0.2) is 24.3 Å². The maximum absolute atomic E-state index is 13.0. The number of likely N-dealkylation sites (tertiary alicyclic amines) is 1. The van der Waals surface area contributed by atoms with Gasteiger partial charge in [-0.1, -0.05) is 0 Å². The molecule has 1 atom stereocenters. The summed E-state index contributed by atoms with van der Waals surface area (Å²) < 4.78 is 41.0. The Labute approximate surface area is 177 Å². The van der Waals surface area contributed by atoms with Gasteiger partial charge in [-0.3, -0.25) is 9.48 Å². The van der Waals surface area contributed by atoms with Crippen molar-refractivity contribution in [1.29, 1.82) is 0 Å². The molecule has 0 radical (unpaired) electrons. The fourth-order valence-corrected chi connectivity index (χ4v) is 4.27. The second kappa shape index (κ2) is 7.55. The van der Waals surface area contributed by atoms with E-state index in [1.165, 1.54) is 6.92 Å². The number of hydrogen-bond donors (Lipinski definition) is 1. The van der Waals surface area contributed by atoms with Gasteiger partial charge >= 0.3 is 6.18 Å². The molecule has 4 rings (SSSR count). The van der Waals surface area contributed by atoms with Crippen molar-refractivity contribution >= 4 is 16.9 Å². The maximum atomic E-state index is 13.0. The second-order valence-corrected chi connectivity index (χ2v) is 7.91. The molecule has 0 saturated carbocycles. The number of aromatic nitrogens is 3. The Bertz CT molecular complexity index is 1150. The minimum atomic E-state index is -4.54. The second-order valence-electron chi connectivity index (χ2n) is 7.91. The van der Waals surface area contributed by atoms with Crippen molar-refractivity contribution in [3.8, 4) is 17.0 Å². The molecule has 6 nitrogen and oxygen atoms in total. The zero-order chi connectivity index (χ0) is 22.5. The van der Waals surface area contributed by atoms with Crippen molar-refractivity contribution in [2.75, 3.05) is 13.1 Å². The number of phenolic OH excluding ortho intramolecular Hbond substituents is 1. The number of carbonyl (C=O) groups is 1. The lowest BCUT2D eigenvalue weighted by Crippen LogP contribution is -2.41. The molecule has 1 aromatic carbocycles. The van der Waals surface area contributed by atoms with E-state index in [4.69, 9.17) is 0 Å². The van der Waals surface area contributed by atoms with E-state index < -0.39 is 17.5 Å². The fourth-order valence-electron chi connectivity index (χ4n) is 4.27. The van der Waals surface area contributed by atoms with Crippen LogP contribution in [-0.4, -0.2) is 43.8 Å². The lowest BCUT2D eigenvalue weighted by atomic mass is 10.00. The average molecular weight is 432 g/mol. The van der Waals surface area contributed by atoms with Crippen LogP contribution in [0, 0.1) is 13.8 Å². The van der Waals surface area contributed by atoms with Crippen LogP contribution < -0.4 is 0 Å². The highest BCUT2D eigenvalue weighted by atomic mass is 19.4. The number of phenols is 1. The largest absolute Gasteiger partial charge is 0.507 e. The summed E-state index contributed by atoms with van der Waals surface area (Å²) >= 11 is 0. The summed E-state index contributed by atoms with van der Waals surface area (Å²) in [5.41, 5.74) is 1.35. The van der Waals surface area contributed by atoms with Gasteiger partial charge in [-0.15, -0.1) is 0 Å². The number of rotatable bonds is 3. The Balaban J connectivity index is 1.74. The molecule has 1 aliphatic heterocycles. The molecule has 3 aromatic rings. The molecule has 0 aliphatic carbocycles. The van der Waals surface area contributed by atoms with Crippen molar-refractivity contribution in [1.82, 2.24) is 19.7 Å². The van der Waals surface area contributed by atoms with E-state index in [9.17, 15) is 23.1 Å². The number of amides is 1. The third kappa shape index (κ3) is 3.73. The van der Waals surface area contributed by atoms with Gasteiger partial charge in [0.15, 0.2) is 5.65 Å². The van der Waals surface area contributed by atoms with Crippen molar-refractivity contribution in [3.63, 3.8) is 0 Å². The van der Waals surface area contributed by atoms with E-state index in [0.717, 1.165) is 23.2 Å². The van der Waals surface area contributed by atoms with Gasteiger partial charge in [0.05, 0.1) is 17.3 Å². The summed E-state index contributed by atoms with van der Waals surface area (Å²) in [6.45, 7) is 6.61. The molecule has 3 heterocycles. The quantitative estimate of drug-likeness (QED) is 0.656. The summed E-state index contributed by atoms with van der Waals surface area (Å²) in [6, 6.07) is 5.26. The first kappa shape index (κ1) is 21.1. The summed E-state index contributed by atoms with van der Waals surface area (Å²) in [6.07, 6.45) is -3.39. The zero-order valence-electron chi connectivity index (χ0n) is 17.5. The van der Waals surface area contributed by atoms with Crippen LogP contribution in [0.25, 0.3) is 22.3 Å². The third-order valence-electron chi connectivity index (χ3n) is 5.91. The topological polar surface area (TPSA) is 71.2 Å². The van der Waals surface area contributed by atoms with Crippen LogP contribution in [0.3, 0.4) is 0 Å². The molecule has 9 heteroatoms. The number of carbonyl (C=O) groups excluding carboxylic acids is 1. The van der Waals surface area contributed by atoms with Gasteiger partial charge in [0.1, 0.15) is 5.75 Å². The van der Waals surface area contributed by atoms with Crippen molar-refractivity contribution in [3.05, 3.63) is 41.1 Å². The average Bonchev–Trinajstić information content (AvgIpc) is 3.03. The number of aryl methyl sites for hydroxylation is 2. The summed E-state index contributed by atoms with van der Waals surface area (Å²) in [4.78, 5) is 18.3. The Morgan fingerprint density at radius 3 is 2.61 bits per heavy atom. The number of pyridine rings is 1. The predicted molar refractivity (Wildman–Crippen MR) is 110 cm³/mol. The Morgan fingerprint density at radius 1 is 1.23 bits per heavy atom. The first-order valence-electron chi connectivity index (χ1n) is 10.1. The lowest BCUT2D eigenvalue weighted by Gasteiger charge is -2.32. The first-order chi connectivity index (χ1) is 14.6. The third-order valence-corrected chi connectivity index (χ3v) is 5.91. The Hall–Kier alpha value is -3.10. The number of hydrogen-bond acceptors (Lipinski definition) is 4. The van der Waals surface area contributed by atoms with Crippen molar-refractivity contribution < 1.29 is 23.1 Å². The predicted octanol–water partition coefficient (Wildman–Crippen LogP) is 4.62. The number of aromatic hydroxyl groups is 1. The highest BCUT2D eigenvalue weighted by molar-refractivity contribution is 5.83. The lowest BCUT2D eigenvalue weighted by molar-refractivity contribution is -0.137. The van der Waals surface area contributed by atoms with Crippen LogP contribution >= 0.6 is 0 Å². The Morgan fingerprint density at radius 2 is 1.97 bits per heavy atom. The molecular formula is C22H23F3N4O2. The molecule has 2 aromatic heterocycles. The van der Waals surface area contributed by atoms with Crippen LogP contribution in [0.5, 0.6) is 5.75 Å². The number of nitrogens with zero attached hydrogens (tertiary/aromatic N) is 4. The van der Waals surface area contributed by atoms with Gasteiger partial charge in [0.2, 0.25) is 5.91 Å². The van der Waals surface area contributed by atoms with Gasteiger partial charge in [0.25, 0.3) is 0 Å². The van der Waals surface area contributed by atoms with Crippen molar-refractivity contribution in [2.45, 2.75) is 45.8 Å². The number of likely N-dealkylation sites (N-methyl/N-ethyl adjacent to an activating group) is 1. The molecule has 0 spiro atoms. The number of alkyl halides is 3. The Kier molecular flexibility index (Phi) is 5.15. The molecule has 0 unspecified atom stereocenters. The van der Waals surface area contributed by atoms with E-state index in [2.05, 4.69) is 10.1 Å². The van der Waals surface area contributed by atoms with E-state index >= 15 is 0 Å². The maximum Gasteiger partial charge on any atom is 0.416 e. The van der Waals surface area contributed by atoms with E-state index in [0.29, 0.717) is 37.3 Å². The molecular weight excluding hydrogens is 409 g/mol. The molecule has 164 valence electrons. The van der Waals surface area contributed by atoms with Gasteiger partial charge in [0, 0.05) is 36.2 Å². The van der Waals surface area contributed by atoms with Crippen LogP contribution in [0.2, 0.25) is 0 Å². The molecule has 1 N–H and O–H groups in total.